The van der Waals surface area contributed by atoms with Crippen LogP contribution >= 0.6 is 0 Å². The van der Waals surface area contributed by atoms with Gasteiger partial charge in [-0.3, -0.25) is 4.57 Å². The van der Waals surface area contributed by atoms with Gasteiger partial charge in [0.25, 0.3) is 0 Å². The maximum Gasteiger partial charge on any atom is 0.328 e. The molecule has 0 atom stereocenters. The molecule has 0 aliphatic rings. The third kappa shape index (κ3) is 3.64. The monoisotopic (exact) mass is 365 g/mol. The summed E-state index contributed by atoms with van der Waals surface area (Å²) in [6.45, 7) is 0.742. The molecule has 0 spiro atoms. The lowest BCUT2D eigenvalue weighted by Crippen LogP contribution is -2.17. The second-order valence-electron chi connectivity index (χ2n) is 6.09. The predicted octanol–water partition coefficient (Wildman–Crippen LogP) is 2.62. The van der Waals surface area contributed by atoms with Crippen LogP contribution in [0.25, 0.3) is 11.2 Å². The van der Waals surface area contributed by atoms with Crippen LogP contribution in [0.4, 0.5) is 10.3 Å². The SMILES string of the molecule is O=c1[nH]c2cnc(NCc3ccc(F)cc3)nc2n1Cc1ccc(O)cc1. The van der Waals surface area contributed by atoms with Gasteiger partial charge < -0.3 is 15.4 Å². The van der Waals surface area contributed by atoms with E-state index >= 15 is 0 Å². The highest BCUT2D eigenvalue weighted by Crippen LogP contribution is 2.14. The number of H-pyrrole nitrogens is 1. The summed E-state index contributed by atoms with van der Waals surface area (Å²) in [6.07, 6.45) is 1.55. The highest BCUT2D eigenvalue weighted by atomic mass is 19.1. The van der Waals surface area contributed by atoms with E-state index in [1.807, 2.05) is 0 Å². The Hall–Kier alpha value is -3.68. The maximum absolute atomic E-state index is 13.0. The summed E-state index contributed by atoms with van der Waals surface area (Å²) in [7, 11) is 0. The minimum absolute atomic E-state index is 0.166. The summed E-state index contributed by atoms with van der Waals surface area (Å²) < 4.78 is 14.5. The summed E-state index contributed by atoms with van der Waals surface area (Å²) in [5.41, 5.74) is 2.46. The highest BCUT2D eigenvalue weighted by Gasteiger charge is 2.11. The third-order valence-corrected chi connectivity index (χ3v) is 4.15. The van der Waals surface area contributed by atoms with Crippen LogP contribution in [-0.4, -0.2) is 24.6 Å². The number of hydrogen-bond donors (Lipinski definition) is 3. The van der Waals surface area contributed by atoms with Crippen LogP contribution in [0.15, 0.2) is 59.5 Å². The molecule has 2 aromatic heterocycles. The largest absolute Gasteiger partial charge is 0.508 e. The van der Waals surface area contributed by atoms with Gasteiger partial charge in [0, 0.05) is 6.54 Å². The summed E-state index contributed by atoms with van der Waals surface area (Å²) in [6, 6.07) is 12.8. The smallest absolute Gasteiger partial charge is 0.328 e. The van der Waals surface area contributed by atoms with Gasteiger partial charge in [0.1, 0.15) is 17.1 Å². The number of phenolic OH excluding ortho intramolecular Hbond substituents is 1. The normalized spacial score (nSPS) is 11.0. The molecular weight excluding hydrogens is 349 g/mol. The van der Waals surface area contributed by atoms with Crippen LogP contribution in [0.5, 0.6) is 5.75 Å². The van der Waals surface area contributed by atoms with Crippen molar-refractivity contribution in [1.82, 2.24) is 19.5 Å². The number of imidazole rings is 1. The van der Waals surface area contributed by atoms with Gasteiger partial charge in [0.15, 0.2) is 5.65 Å². The lowest BCUT2D eigenvalue weighted by molar-refractivity contribution is 0.475. The Morgan fingerprint density at radius 3 is 2.52 bits per heavy atom. The summed E-state index contributed by atoms with van der Waals surface area (Å²) in [5.74, 6) is 0.242. The Morgan fingerprint density at radius 2 is 1.78 bits per heavy atom. The second kappa shape index (κ2) is 6.91. The number of anilines is 1. The number of fused-ring (bicyclic) bond motifs is 1. The first kappa shape index (κ1) is 16.8. The van der Waals surface area contributed by atoms with Crippen LogP contribution in [0.1, 0.15) is 11.1 Å². The first-order valence-corrected chi connectivity index (χ1v) is 8.30. The number of hydrogen-bond acceptors (Lipinski definition) is 5. The van der Waals surface area contributed by atoms with E-state index in [1.165, 1.54) is 16.7 Å². The van der Waals surface area contributed by atoms with Gasteiger partial charge in [-0.05, 0) is 35.4 Å². The zero-order valence-corrected chi connectivity index (χ0v) is 14.2. The average Bonchev–Trinajstić information content (AvgIpc) is 2.98. The van der Waals surface area contributed by atoms with Crippen LogP contribution in [0.2, 0.25) is 0 Å². The third-order valence-electron chi connectivity index (χ3n) is 4.15. The van der Waals surface area contributed by atoms with E-state index in [9.17, 15) is 14.3 Å². The topological polar surface area (TPSA) is 95.8 Å². The van der Waals surface area contributed by atoms with Crippen molar-refractivity contribution in [2.75, 3.05) is 5.32 Å². The van der Waals surface area contributed by atoms with Gasteiger partial charge in [0.2, 0.25) is 5.95 Å². The zero-order chi connectivity index (χ0) is 18.8. The van der Waals surface area contributed by atoms with Crippen LogP contribution in [0.3, 0.4) is 0 Å². The van der Waals surface area contributed by atoms with Crippen molar-refractivity contribution in [2.45, 2.75) is 13.1 Å². The van der Waals surface area contributed by atoms with E-state index < -0.39 is 0 Å². The molecule has 0 aliphatic heterocycles. The number of phenols is 1. The Kier molecular flexibility index (Phi) is 4.29. The van der Waals surface area contributed by atoms with Crippen molar-refractivity contribution >= 4 is 17.1 Å². The number of aromatic hydroxyl groups is 1. The predicted molar refractivity (Wildman–Crippen MR) is 99.1 cm³/mol. The molecule has 4 rings (SSSR count). The van der Waals surface area contributed by atoms with Gasteiger partial charge in [-0.2, -0.15) is 4.98 Å². The molecular formula is C19H16FN5O2. The molecule has 4 aromatic rings. The maximum atomic E-state index is 13.0. The van der Waals surface area contributed by atoms with Crippen LogP contribution in [-0.2, 0) is 13.1 Å². The van der Waals surface area contributed by atoms with Crippen molar-refractivity contribution in [3.05, 3.63) is 82.2 Å². The first-order valence-electron chi connectivity index (χ1n) is 8.30. The highest BCUT2D eigenvalue weighted by molar-refractivity contribution is 5.71. The lowest BCUT2D eigenvalue weighted by Gasteiger charge is -2.07. The van der Waals surface area contributed by atoms with Crippen molar-refractivity contribution in [3.63, 3.8) is 0 Å². The van der Waals surface area contributed by atoms with E-state index in [1.54, 1.807) is 42.6 Å². The standard InChI is InChI=1S/C19H16FN5O2/c20-14-5-1-12(2-6-14)9-21-18-22-10-16-17(24-18)25(19(27)23-16)11-13-3-7-15(26)8-4-13/h1-8,10,26H,9,11H2,(H,23,27)(H,21,22,24). The van der Waals surface area contributed by atoms with E-state index in [0.29, 0.717) is 30.2 Å². The number of aromatic nitrogens is 4. The van der Waals surface area contributed by atoms with Gasteiger partial charge >= 0.3 is 5.69 Å². The molecule has 8 heteroatoms. The minimum atomic E-state index is -0.290. The molecule has 0 fully saturated rings. The average molecular weight is 365 g/mol. The number of aromatic amines is 1. The number of nitrogens with one attached hydrogen (secondary N) is 2. The Labute approximate surface area is 153 Å². The number of rotatable bonds is 5. The van der Waals surface area contributed by atoms with Crippen LogP contribution < -0.4 is 11.0 Å². The minimum Gasteiger partial charge on any atom is -0.508 e. The molecule has 2 aromatic carbocycles. The molecule has 136 valence electrons. The van der Waals surface area contributed by atoms with Gasteiger partial charge in [-0.15, -0.1) is 0 Å². The first-order chi connectivity index (χ1) is 13.1. The van der Waals surface area contributed by atoms with E-state index in [0.717, 1.165) is 11.1 Å². The Balaban J connectivity index is 1.59. The number of halogens is 1. The quantitative estimate of drug-likeness (QED) is 0.505. The molecule has 2 heterocycles. The molecule has 27 heavy (non-hydrogen) atoms. The Morgan fingerprint density at radius 1 is 1.07 bits per heavy atom. The van der Waals surface area contributed by atoms with Gasteiger partial charge in [0.05, 0.1) is 12.7 Å². The van der Waals surface area contributed by atoms with Crippen molar-refractivity contribution in [3.8, 4) is 5.75 Å². The zero-order valence-electron chi connectivity index (χ0n) is 14.2. The van der Waals surface area contributed by atoms with Gasteiger partial charge in [-0.1, -0.05) is 24.3 Å². The van der Waals surface area contributed by atoms with E-state index in [-0.39, 0.29) is 17.3 Å². The Bertz CT molecular complexity index is 1130. The van der Waals surface area contributed by atoms with Gasteiger partial charge in [-0.25, -0.2) is 14.2 Å². The molecule has 0 bridgehead atoms. The molecule has 0 unspecified atom stereocenters. The molecule has 7 nitrogen and oxygen atoms in total. The fourth-order valence-corrected chi connectivity index (χ4v) is 2.74. The van der Waals surface area contributed by atoms with Crippen molar-refractivity contribution < 1.29 is 9.50 Å². The number of benzene rings is 2. The molecule has 0 saturated heterocycles. The van der Waals surface area contributed by atoms with Crippen molar-refractivity contribution in [1.29, 1.82) is 0 Å². The number of nitrogens with zero attached hydrogens (tertiary/aromatic N) is 3. The molecule has 0 aliphatic carbocycles. The molecule has 0 radical (unpaired) electrons. The molecule has 3 N–H and O–H groups in total. The molecule has 0 saturated carbocycles. The summed E-state index contributed by atoms with van der Waals surface area (Å²) in [5, 5.41) is 12.5. The molecule has 0 amide bonds. The summed E-state index contributed by atoms with van der Waals surface area (Å²) >= 11 is 0. The van der Waals surface area contributed by atoms with Crippen molar-refractivity contribution in [2.24, 2.45) is 0 Å². The van der Waals surface area contributed by atoms with Crippen LogP contribution in [0, 0.1) is 5.82 Å². The fraction of sp³-hybridized carbons (Fsp3) is 0.105. The van der Waals surface area contributed by atoms with E-state index in [2.05, 4.69) is 20.3 Å². The fourth-order valence-electron chi connectivity index (χ4n) is 2.74. The second-order valence-corrected chi connectivity index (χ2v) is 6.09. The van der Waals surface area contributed by atoms with E-state index in [4.69, 9.17) is 0 Å². The lowest BCUT2D eigenvalue weighted by atomic mass is 10.2. The summed E-state index contributed by atoms with van der Waals surface area (Å²) in [4.78, 5) is 23.6.